The molecule has 0 amide bonds. The molecule has 1 aromatic carbocycles. The first-order chi connectivity index (χ1) is 8.65. The molecule has 1 rings (SSSR count). The zero-order chi connectivity index (χ0) is 14.7. The Kier molecular flexibility index (Phi) is 4.75. The Morgan fingerprint density at radius 2 is 1.89 bits per heavy atom. The normalized spacial score (nSPS) is 12.5. The van der Waals surface area contributed by atoms with Crippen molar-refractivity contribution >= 4 is 15.7 Å². The highest BCUT2D eigenvalue weighted by molar-refractivity contribution is 7.89. The van der Waals surface area contributed by atoms with Gasteiger partial charge in [0.2, 0.25) is 10.0 Å². The molecule has 0 bridgehead atoms. The van der Waals surface area contributed by atoms with Gasteiger partial charge in [0.25, 0.3) is 0 Å². The van der Waals surface area contributed by atoms with E-state index in [0.29, 0.717) is 6.07 Å². The van der Waals surface area contributed by atoms with Crippen molar-refractivity contribution in [3.63, 3.8) is 0 Å². The predicted octanol–water partition coefficient (Wildman–Crippen LogP) is 1.81. The van der Waals surface area contributed by atoms with E-state index in [9.17, 15) is 26.0 Å². The van der Waals surface area contributed by atoms with Gasteiger partial charge in [-0.05, 0) is 25.2 Å². The molecule has 0 aliphatic rings. The Morgan fingerprint density at radius 3 is 2.37 bits per heavy atom. The van der Waals surface area contributed by atoms with Crippen molar-refractivity contribution in [2.24, 2.45) is 0 Å². The maximum Gasteiger partial charge on any atom is 0.416 e. The molecule has 9 heteroatoms. The van der Waals surface area contributed by atoms with Gasteiger partial charge < -0.3 is 5.32 Å². The molecule has 108 valence electrons. The van der Waals surface area contributed by atoms with Crippen molar-refractivity contribution in [3.05, 3.63) is 29.6 Å². The summed E-state index contributed by atoms with van der Waals surface area (Å²) in [6.07, 6.45) is -4.62. The fourth-order valence-corrected chi connectivity index (χ4v) is 1.83. The van der Waals surface area contributed by atoms with Gasteiger partial charge >= 0.3 is 6.18 Å². The second-order valence-corrected chi connectivity index (χ2v) is 5.69. The van der Waals surface area contributed by atoms with Crippen LogP contribution in [0.15, 0.2) is 18.2 Å². The zero-order valence-electron chi connectivity index (χ0n) is 9.88. The number of benzene rings is 1. The number of anilines is 1. The van der Waals surface area contributed by atoms with Crippen LogP contribution in [-0.4, -0.2) is 27.8 Å². The third-order valence-corrected chi connectivity index (χ3v) is 3.66. The van der Waals surface area contributed by atoms with Gasteiger partial charge in [0, 0.05) is 6.54 Å². The second kappa shape index (κ2) is 5.74. The first-order valence-corrected chi connectivity index (χ1v) is 6.83. The quantitative estimate of drug-likeness (QED) is 0.815. The summed E-state index contributed by atoms with van der Waals surface area (Å²) in [6.45, 7) is -0.120. The Morgan fingerprint density at radius 1 is 1.26 bits per heavy atom. The minimum absolute atomic E-state index is 0.120. The van der Waals surface area contributed by atoms with Crippen LogP contribution in [0.3, 0.4) is 0 Å². The van der Waals surface area contributed by atoms with Crippen LogP contribution in [-0.2, 0) is 16.2 Å². The maximum atomic E-state index is 13.4. The fourth-order valence-electron chi connectivity index (χ4n) is 1.26. The molecule has 2 N–H and O–H groups in total. The van der Waals surface area contributed by atoms with Gasteiger partial charge in [-0.3, -0.25) is 0 Å². The van der Waals surface area contributed by atoms with Crippen LogP contribution in [0.25, 0.3) is 0 Å². The van der Waals surface area contributed by atoms with Crippen LogP contribution in [0.4, 0.5) is 23.2 Å². The van der Waals surface area contributed by atoms with Gasteiger partial charge in [-0.2, -0.15) is 13.2 Å². The molecule has 0 aromatic heterocycles. The first-order valence-electron chi connectivity index (χ1n) is 5.17. The summed E-state index contributed by atoms with van der Waals surface area (Å²) in [5, 5.41) is 2.42. The number of rotatable bonds is 5. The monoisotopic (exact) mass is 300 g/mol. The summed E-state index contributed by atoms with van der Waals surface area (Å²) in [5.74, 6) is -1.40. The second-order valence-electron chi connectivity index (χ2n) is 3.64. The Balaban J connectivity index is 2.71. The van der Waals surface area contributed by atoms with E-state index in [1.54, 1.807) is 0 Å². The molecule has 0 spiro atoms. The number of hydrogen-bond acceptors (Lipinski definition) is 3. The van der Waals surface area contributed by atoms with E-state index < -0.39 is 27.6 Å². The van der Waals surface area contributed by atoms with Gasteiger partial charge in [-0.15, -0.1) is 0 Å². The molecule has 4 nitrogen and oxygen atoms in total. The summed E-state index contributed by atoms with van der Waals surface area (Å²) in [6, 6.07) is 2.00. The first kappa shape index (κ1) is 15.7. The van der Waals surface area contributed by atoms with Gasteiger partial charge in [0.1, 0.15) is 5.82 Å². The minimum Gasteiger partial charge on any atom is -0.382 e. The van der Waals surface area contributed by atoms with Crippen LogP contribution in [0.2, 0.25) is 0 Å². The summed E-state index contributed by atoms with van der Waals surface area (Å²) in [4.78, 5) is 0. The predicted molar refractivity (Wildman–Crippen MR) is 62.7 cm³/mol. The van der Waals surface area contributed by atoms with Gasteiger partial charge in [0.05, 0.1) is 17.0 Å². The molecular weight excluding hydrogens is 288 g/mol. The number of alkyl halides is 3. The SMILES string of the molecule is CNS(=O)(=O)CCNc1ccc(C(F)(F)F)cc1F. The molecule has 19 heavy (non-hydrogen) atoms. The van der Waals surface area contributed by atoms with Gasteiger partial charge in [-0.25, -0.2) is 17.5 Å². The highest BCUT2D eigenvalue weighted by atomic mass is 32.2. The molecule has 1 aromatic rings. The van der Waals surface area contributed by atoms with E-state index in [1.807, 2.05) is 0 Å². The molecule has 0 fully saturated rings. The van der Waals surface area contributed by atoms with E-state index in [0.717, 1.165) is 12.1 Å². The molecule has 0 aliphatic carbocycles. The van der Waals surface area contributed by atoms with Crippen LogP contribution in [0.5, 0.6) is 0 Å². The zero-order valence-corrected chi connectivity index (χ0v) is 10.7. The van der Waals surface area contributed by atoms with Crippen molar-refractivity contribution in [2.45, 2.75) is 6.18 Å². The van der Waals surface area contributed by atoms with Crippen LogP contribution in [0.1, 0.15) is 5.56 Å². The van der Waals surface area contributed by atoms with Crippen molar-refractivity contribution < 1.29 is 26.0 Å². The molecule has 0 aliphatic heterocycles. The Hall–Kier alpha value is -1.35. The lowest BCUT2D eigenvalue weighted by Gasteiger charge is -2.11. The molecule has 0 unspecified atom stereocenters. The van der Waals surface area contributed by atoms with Crippen LogP contribution < -0.4 is 10.0 Å². The topological polar surface area (TPSA) is 58.2 Å². The molecule has 0 atom stereocenters. The number of hydrogen-bond donors (Lipinski definition) is 2. The summed E-state index contributed by atoms with van der Waals surface area (Å²) in [7, 11) is -2.22. The largest absolute Gasteiger partial charge is 0.416 e. The van der Waals surface area contributed by atoms with E-state index in [4.69, 9.17) is 0 Å². The molecule has 0 saturated heterocycles. The fraction of sp³-hybridized carbons (Fsp3) is 0.400. The maximum absolute atomic E-state index is 13.4. The van der Waals surface area contributed by atoms with Gasteiger partial charge in [0.15, 0.2) is 0 Å². The Labute approximate surface area is 107 Å². The molecule has 0 saturated carbocycles. The van der Waals surface area contributed by atoms with E-state index in [2.05, 4.69) is 10.0 Å². The highest BCUT2D eigenvalue weighted by Crippen LogP contribution is 2.31. The standard InChI is InChI=1S/C10H12F4N2O2S/c1-15-19(17,18)5-4-16-9-3-2-7(6-8(9)11)10(12,13)14/h2-3,6,15-16H,4-5H2,1H3. The number of nitrogens with one attached hydrogen (secondary N) is 2. The number of sulfonamides is 1. The lowest BCUT2D eigenvalue weighted by Crippen LogP contribution is -2.26. The van der Waals surface area contributed by atoms with Crippen molar-refractivity contribution in [1.29, 1.82) is 0 Å². The van der Waals surface area contributed by atoms with Crippen molar-refractivity contribution in [3.8, 4) is 0 Å². The lowest BCUT2D eigenvalue weighted by molar-refractivity contribution is -0.137. The number of halogens is 4. The average molecular weight is 300 g/mol. The average Bonchev–Trinajstić information content (AvgIpc) is 2.30. The minimum atomic E-state index is -4.62. The summed E-state index contributed by atoms with van der Waals surface area (Å²) >= 11 is 0. The smallest absolute Gasteiger partial charge is 0.382 e. The molecule has 0 heterocycles. The summed E-state index contributed by atoms with van der Waals surface area (Å²) < 4.78 is 74.4. The third kappa shape index (κ3) is 4.67. The third-order valence-electron chi connectivity index (χ3n) is 2.29. The van der Waals surface area contributed by atoms with Gasteiger partial charge in [-0.1, -0.05) is 0 Å². The molecule has 0 radical (unpaired) electrons. The van der Waals surface area contributed by atoms with Crippen LogP contribution in [0, 0.1) is 5.82 Å². The van der Waals surface area contributed by atoms with E-state index in [-0.39, 0.29) is 18.0 Å². The lowest BCUT2D eigenvalue weighted by atomic mass is 10.2. The van der Waals surface area contributed by atoms with E-state index in [1.165, 1.54) is 7.05 Å². The van der Waals surface area contributed by atoms with Crippen molar-refractivity contribution in [2.75, 3.05) is 24.7 Å². The molecular formula is C10H12F4N2O2S. The highest BCUT2D eigenvalue weighted by Gasteiger charge is 2.31. The van der Waals surface area contributed by atoms with Crippen LogP contribution >= 0.6 is 0 Å². The Bertz CT molecular complexity index is 543. The van der Waals surface area contributed by atoms with Crippen molar-refractivity contribution in [1.82, 2.24) is 4.72 Å². The van der Waals surface area contributed by atoms with E-state index >= 15 is 0 Å². The summed E-state index contributed by atoms with van der Waals surface area (Å²) in [5.41, 5.74) is -1.28.